The smallest absolute Gasteiger partial charge is 0.180 e. The normalized spacial score (nSPS) is 13.0. The van der Waals surface area contributed by atoms with E-state index >= 15 is 0 Å². The van der Waals surface area contributed by atoms with Crippen LogP contribution >= 0.6 is 11.3 Å². The van der Waals surface area contributed by atoms with Gasteiger partial charge >= 0.3 is 0 Å². The van der Waals surface area contributed by atoms with Gasteiger partial charge in [0.05, 0.1) is 6.04 Å². The van der Waals surface area contributed by atoms with E-state index in [4.69, 9.17) is 5.73 Å². The minimum absolute atomic E-state index is 0.0162. The highest BCUT2D eigenvalue weighted by molar-refractivity contribution is 7.17. The molecule has 0 saturated heterocycles. The SMILES string of the molecule is C[C@H](N)C(=O)c1csc2ccccc12. The Bertz CT molecular complexity index is 473. The predicted molar refractivity (Wildman–Crippen MR) is 59.8 cm³/mol. The van der Waals surface area contributed by atoms with Crippen LogP contribution in [0.3, 0.4) is 0 Å². The Balaban J connectivity index is 2.58. The van der Waals surface area contributed by atoms with E-state index in [9.17, 15) is 4.79 Å². The zero-order chi connectivity index (χ0) is 10.1. The van der Waals surface area contributed by atoms with Gasteiger partial charge in [-0.2, -0.15) is 0 Å². The average Bonchev–Trinajstić information content (AvgIpc) is 2.60. The summed E-state index contributed by atoms with van der Waals surface area (Å²) in [5.74, 6) is 0.0162. The zero-order valence-corrected chi connectivity index (χ0v) is 8.67. The first kappa shape index (κ1) is 9.37. The van der Waals surface area contributed by atoms with E-state index in [1.165, 1.54) is 0 Å². The number of carbonyl (C=O) groups excluding carboxylic acids is 1. The fourth-order valence-corrected chi connectivity index (χ4v) is 2.36. The van der Waals surface area contributed by atoms with Gasteiger partial charge in [-0.05, 0) is 13.0 Å². The summed E-state index contributed by atoms with van der Waals surface area (Å²) in [5, 5.41) is 2.90. The second kappa shape index (κ2) is 3.52. The summed E-state index contributed by atoms with van der Waals surface area (Å²) in [6, 6.07) is 7.46. The zero-order valence-electron chi connectivity index (χ0n) is 7.86. The third-order valence-corrected chi connectivity index (χ3v) is 3.12. The molecule has 2 N–H and O–H groups in total. The highest BCUT2D eigenvalue weighted by Gasteiger charge is 2.14. The molecule has 0 fully saturated rings. The molecule has 1 aromatic carbocycles. The van der Waals surface area contributed by atoms with Crippen molar-refractivity contribution in [3.8, 4) is 0 Å². The molecule has 0 bridgehead atoms. The van der Waals surface area contributed by atoms with Gasteiger partial charge in [-0.15, -0.1) is 11.3 Å². The Hall–Kier alpha value is -1.19. The van der Waals surface area contributed by atoms with Crippen LogP contribution in [-0.2, 0) is 0 Å². The van der Waals surface area contributed by atoms with Crippen LogP contribution in [-0.4, -0.2) is 11.8 Å². The lowest BCUT2D eigenvalue weighted by atomic mass is 10.1. The van der Waals surface area contributed by atoms with Crippen molar-refractivity contribution in [2.75, 3.05) is 0 Å². The molecule has 72 valence electrons. The van der Waals surface area contributed by atoms with Gasteiger partial charge in [-0.25, -0.2) is 0 Å². The molecule has 3 heteroatoms. The second-order valence-corrected chi connectivity index (χ2v) is 4.21. The van der Waals surface area contributed by atoms with E-state index in [0.29, 0.717) is 0 Å². The van der Waals surface area contributed by atoms with Crippen molar-refractivity contribution in [1.82, 2.24) is 0 Å². The number of thiophene rings is 1. The first-order valence-corrected chi connectivity index (χ1v) is 5.34. The molecular weight excluding hydrogens is 194 g/mol. The minimum Gasteiger partial charge on any atom is -0.321 e. The number of hydrogen-bond donors (Lipinski definition) is 1. The molecule has 0 saturated carbocycles. The summed E-state index contributed by atoms with van der Waals surface area (Å²) in [7, 11) is 0. The Morgan fingerprint density at radius 2 is 2.14 bits per heavy atom. The Labute approximate surface area is 86.3 Å². The summed E-state index contributed by atoms with van der Waals surface area (Å²) in [4.78, 5) is 11.7. The highest BCUT2D eigenvalue weighted by atomic mass is 32.1. The second-order valence-electron chi connectivity index (χ2n) is 3.30. The van der Waals surface area contributed by atoms with E-state index < -0.39 is 6.04 Å². The molecule has 0 amide bonds. The van der Waals surface area contributed by atoms with Crippen LogP contribution < -0.4 is 5.73 Å². The Morgan fingerprint density at radius 3 is 2.86 bits per heavy atom. The summed E-state index contributed by atoms with van der Waals surface area (Å²) in [5.41, 5.74) is 6.32. The molecule has 0 aliphatic carbocycles. The van der Waals surface area contributed by atoms with Crippen molar-refractivity contribution in [3.63, 3.8) is 0 Å². The Kier molecular flexibility index (Phi) is 2.35. The molecule has 1 aromatic heterocycles. The number of Topliss-reactive ketones (excluding diaryl/α,β-unsaturated/α-hetero) is 1. The molecular formula is C11H11NOS. The molecule has 0 spiro atoms. The van der Waals surface area contributed by atoms with Gasteiger partial charge in [-0.1, -0.05) is 18.2 Å². The number of nitrogens with two attached hydrogens (primary N) is 1. The number of benzene rings is 1. The minimum atomic E-state index is -0.423. The van der Waals surface area contributed by atoms with Crippen molar-refractivity contribution in [2.45, 2.75) is 13.0 Å². The van der Waals surface area contributed by atoms with Crippen LogP contribution in [0.5, 0.6) is 0 Å². The van der Waals surface area contributed by atoms with Crippen LogP contribution in [0, 0.1) is 0 Å². The topological polar surface area (TPSA) is 43.1 Å². The number of hydrogen-bond acceptors (Lipinski definition) is 3. The first-order chi connectivity index (χ1) is 6.70. The van der Waals surface area contributed by atoms with Crippen molar-refractivity contribution < 1.29 is 4.79 Å². The van der Waals surface area contributed by atoms with Gasteiger partial charge in [0.15, 0.2) is 5.78 Å². The van der Waals surface area contributed by atoms with Gasteiger partial charge in [0.25, 0.3) is 0 Å². The number of rotatable bonds is 2. The maximum absolute atomic E-state index is 11.7. The van der Waals surface area contributed by atoms with Gasteiger partial charge < -0.3 is 5.73 Å². The van der Waals surface area contributed by atoms with Crippen LogP contribution in [0.4, 0.5) is 0 Å². The number of ketones is 1. The molecule has 1 atom stereocenters. The van der Waals surface area contributed by atoms with Crippen LogP contribution in [0.1, 0.15) is 17.3 Å². The number of fused-ring (bicyclic) bond motifs is 1. The molecule has 2 aromatic rings. The molecule has 0 aliphatic heterocycles. The number of carbonyl (C=O) groups is 1. The van der Waals surface area contributed by atoms with Crippen molar-refractivity contribution in [3.05, 3.63) is 35.2 Å². The molecule has 0 aliphatic rings. The van der Waals surface area contributed by atoms with Crippen molar-refractivity contribution >= 4 is 27.2 Å². The predicted octanol–water partition coefficient (Wildman–Crippen LogP) is 2.43. The standard InChI is InChI=1S/C11H11NOS/c1-7(12)11(13)9-6-14-10-5-3-2-4-8(9)10/h2-7H,12H2,1H3/t7-/m0/s1. The average molecular weight is 205 g/mol. The lowest BCUT2D eigenvalue weighted by molar-refractivity contribution is 0.0970. The maximum atomic E-state index is 11.7. The van der Waals surface area contributed by atoms with Gasteiger partial charge in [0, 0.05) is 21.0 Å². The monoisotopic (exact) mass is 205 g/mol. The molecule has 0 unspecified atom stereocenters. The third-order valence-electron chi connectivity index (χ3n) is 2.16. The molecule has 2 rings (SSSR count). The fourth-order valence-electron chi connectivity index (χ4n) is 1.41. The van der Waals surface area contributed by atoms with Crippen LogP contribution in [0.2, 0.25) is 0 Å². The van der Waals surface area contributed by atoms with E-state index in [1.54, 1.807) is 18.3 Å². The fraction of sp³-hybridized carbons (Fsp3) is 0.182. The summed E-state index contributed by atoms with van der Waals surface area (Å²) >= 11 is 1.58. The molecule has 0 radical (unpaired) electrons. The summed E-state index contributed by atoms with van der Waals surface area (Å²) in [6.07, 6.45) is 0. The van der Waals surface area contributed by atoms with E-state index in [1.807, 2.05) is 29.6 Å². The van der Waals surface area contributed by atoms with E-state index in [-0.39, 0.29) is 5.78 Å². The van der Waals surface area contributed by atoms with Gasteiger partial charge in [-0.3, -0.25) is 4.79 Å². The maximum Gasteiger partial charge on any atom is 0.180 e. The van der Waals surface area contributed by atoms with Gasteiger partial charge in [0.1, 0.15) is 0 Å². The van der Waals surface area contributed by atoms with Crippen molar-refractivity contribution in [2.24, 2.45) is 5.73 Å². The van der Waals surface area contributed by atoms with E-state index in [0.717, 1.165) is 15.6 Å². The van der Waals surface area contributed by atoms with Crippen molar-refractivity contribution in [1.29, 1.82) is 0 Å². The quantitative estimate of drug-likeness (QED) is 0.765. The molecule has 14 heavy (non-hydrogen) atoms. The van der Waals surface area contributed by atoms with E-state index in [2.05, 4.69) is 0 Å². The Morgan fingerprint density at radius 1 is 1.43 bits per heavy atom. The third kappa shape index (κ3) is 1.45. The lowest BCUT2D eigenvalue weighted by Gasteiger charge is -2.01. The van der Waals surface area contributed by atoms with Gasteiger partial charge in [0.2, 0.25) is 0 Å². The lowest BCUT2D eigenvalue weighted by Crippen LogP contribution is -2.26. The summed E-state index contributed by atoms with van der Waals surface area (Å²) in [6.45, 7) is 1.72. The highest BCUT2D eigenvalue weighted by Crippen LogP contribution is 2.26. The van der Waals surface area contributed by atoms with Crippen LogP contribution in [0.25, 0.3) is 10.1 Å². The van der Waals surface area contributed by atoms with Crippen LogP contribution in [0.15, 0.2) is 29.6 Å². The summed E-state index contributed by atoms with van der Waals surface area (Å²) < 4.78 is 1.14. The first-order valence-electron chi connectivity index (χ1n) is 4.46. The largest absolute Gasteiger partial charge is 0.321 e. The molecule has 2 nitrogen and oxygen atoms in total. The molecule has 1 heterocycles.